The Labute approximate surface area is 116 Å². The van der Waals surface area contributed by atoms with E-state index in [0.717, 1.165) is 5.56 Å². The van der Waals surface area contributed by atoms with Crippen LogP contribution in [0.3, 0.4) is 0 Å². The summed E-state index contributed by atoms with van der Waals surface area (Å²) < 4.78 is 38.9. The third-order valence-corrected chi connectivity index (χ3v) is 4.51. The van der Waals surface area contributed by atoms with E-state index in [-0.39, 0.29) is 12.8 Å². The molecule has 1 N–H and O–H groups in total. The number of rotatable bonds is 2. The number of aryl methyl sites for hydroxylation is 1. The van der Waals surface area contributed by atoms with Crippen LogP contribution in [0.5, 0.6) is 0 Å². The second-order valence-corrected chi connectivity index (χ2v) is 5.55. The lowest BCUT2D eigenvalue weighted by atomic mass is 10.1. The fourth-order valence-corrected chi connectivity index (χ4v) is 2.32. The van der Waals surface area contributed by atoms with Crippen LogP contribution in [0.2, 0.25) is 0 Å². The average Bonchev–Trinajstić information content (AvgIpc) is 3.02. The van der Waals surface area contributed by atoms with Gasteiger partial charge in [0.15, 0.2) is 0 Å². The van der Waals surface area contributed by atoms with E-state index >= 15 is 0 Å². The first-order valence-electron chi connectivity index (χ1n) is 5.41. The molecular weight excluding hydrogens is 358 g/mol. The highest BCUT2D eigenvalue weighted by molar-refractivity contribution is 14.1. The number of hydrogen-bond donors (Lipinski definition) is 1. The summed E-state index contributed by atoms with van der Waals surface area (Å²) in [5.41, 5.74) is -0.831. The van der Waals surface area contributed by atoms with Crippen molar-refractivity contribution in [1.82, 2.24) is 5.32 Å². The van der Waals surface area contributed by atoms with E-state index in [9.17, 15) is 18.0 Å². The molecule has 98 valence electrons. The van der Waals surface area contributed by atoms with Crippen molar-refractivity contribution < 1.29 is 18.0 Å². The number of hydrogen-bond acceptors (Lipinski definition) is 1. The largest absolute Gasteiger partial charge is 0.411 e. The zero-order valence-corrected chi connectivity index (χ0v) is 11.7. The Hall–Kier alpha value is -0.790. The molecule has 0 spiro atoms. The monoisotopic (exact) mass is 369 g/mol. The van der Waals surface area contributed by atoms with Gasteiger partial charge in [0.25, 0.3) is 5.91 Å². The summed E-state index contributed by atoms with van der Waals surface area (Å²) in [7, 11) is 0. The van der Waals surface area contributed by atoms with E-state index in [4.69, 9.17) is 0 Å². The Balaban J connectivity index is 2.21. The summed E-state index contributed by atoms with van der Waals surface area (Å²) in [6, 6.07) is 5.02. The molecule has 6 heteroatoms. The summed E-state index contributed by atoms with van der Waals surface area (Å²) in [4.78, 5) is 11.9. The fourth-order valence-electron chi connectivity index (χ4n) is 1.71. The summed E-state index contributed by atoms with van der Waals surface area (Å²) in [5.74, 6) is -0.655. The van der Waals surface area contributed by atoms with E-state index < -0.39 is 17.6 Å². The lowest BCUT2D eigenvalue weighted by molar-refractivity contribution is -0.163. The number of carbonyl (C=O) groups excluding carboxylic acids is 1. The van der Waals surface area contributed by atoms with Crippen LogP contribution in [0, 0.1) is 10.5 Å². The van der Waals surface area contributed by atoms with Gasteiger partial charge < -0.3 is 5.32 Å². The van der Waals surface area contributed by atoms with Gasteiger partial charge >= 0.3 is 6.18 Å². The van der Waals surface area contributed by atoms with Gasteiger partial charge in [0, 0.05) is 3.57 Å². The Morgan fingerprint density at radius 2 is 2.00 bits per heavy atom. The molecule has 18 heavy (non-hydrogen) atoms. The Morgan fingerprint density at radius 3 is 2.50 bits per heavy atom. The van der Waals surface area contributed by atoms with E-state index in [0.29, 0.717) is 9.13 Å². The maximum atomic E-state index is 12.7. The van der Waals surface area contributed by atoms with Crippen LogP contribution in [0.25, 0.3) is 0 Å². The summed E-state index contributed by atoms with van der Waals surface area (Å²) in [6.45, 7) is 1.81. The molecule has 1 aliphatic carbocycles. The zero-order valence-electron chi connectivity index (χ0n) is 9.57. The lowest BCUT2D eigenvalue weighted by Gasteiger charge is -2.21. The smallest absolute Gasteiger partial charge is 0.338 e. The van der Waals surface area contributed by atoms with E-state index in [1.807, 2.05) is 35.6 Å². The second kappa shape index (κ2) is 4.40. The van der Waals surface area contributed by atoms with Gasteiger partial charge in [0.05, 0.1) is 5.56 Å². The SMILES string of the molecule is Cc1cccc(C(=O)NC2(C(F)(F)F)CC2)c1I. The summed E-state index contributed by atoms with van der Waals surface area (Å²) >= 11 is 1.97. The molecule has 1 aromatic carbocycles. The number of amides is 1. The predicted octanol–water partition coefficient (Wildman–Crippen LogP) is 3.42. The van der Waals surface area contributed by atoms with Crippen molar-refractivity contribution in [3.05, 3.63) is 32.9 Å². The fraction of sp³-hybridized carbons (Fsp3) is 0.417. The van der Waals surface area contributed by atoms with Gasteiger partial charge in [-0.2, -0.15) is 13.2 Å². The lowest BCUT2D eigenvalue weighted by Crippen LogP contribution is -2.48. The normalized spacial score (nSPS) is 17.4. The molecule has 1 fully saturated rings. The van der Waals surface area contributed by atoms with Crippen molar-refractivity contribution in [2.45, 2.75) is 31.5 Å². The summed E-state index contributed by atoms with van der Waals surface area (Å²) in [6.07, 6.45) is -4.45. The minimum atomic E-state index is -4.38. The molecule has 1 aromatic rings. The van der Waals surface area contributed by atoms with Crippen LogP contribution in [-0.4, -0.2) is 17.6 Å². The van der Waals surface area contributed by atoms with Crippen LogP contribution >= 0.6 is 22.6 Å². The van der Waals surface area contributed by atoms with Gasteiger partial charge in [-0.15, -0.1) is 0 Å². The third-order valence-electron chi connectivity index (χ3n) is 3.08. The number of nitrogens with one attached hydrogen (secondary N) is 1. The van der Waals surface area contributed by atoms with E-state index in [2.05, 4.69) is 5.32 Å². The molecule has 2 rings (SSSR count). The van der Waals surface area contributed by atoms with Crippen LogP contribution < -0.4 is 5.32 Å². The van der Waals surface area contributed by atoms with Crippen molar-refractivity contribution in [3.8, 4) is 0 Å². The minimum Gasteiger partial charge on any atom is -0.338 e. The van der Waals surface area contributed by atoms with Crippen molar-refractivity contribution in [2.24, 2.45) is 0 Å². The molecule has 0 aliphatic heterocycles. The van der Waals surface area contributed by atoms with Crippen molar-refractivity contribution in [3.63, 3.8) is 0 Å². The van der Waals surface area contributed by atoms with E-state index in [1.54, 1.807) is 6.07 Å². The first-order chi connectivity index (χ1) is 8.27. The number of alkyl halides is 3. The molecule has 0 bridgehead atoms. The van der Waals surface area contributed by atoms with Crippen molar-refractivity contribution >= 4 is 28.5 Å². The van der Waals surface area contributed by atoms with Crippen LogP contribution in [0.15, 0.2) is 18.2 Å². The van der Waals surface area contributed by atoms with Crippen molar-refractivity contribution in [1.29, 1.82) is 0 Å². The maximum Gasteiger partial charge on any atom is 0.411 e. The van der Waals surface area contributed by atoms with Gasteiger partial charge in [-0.25, -0.2) is 0 Å². The maximum absolute atomic E-state index is 12.7. The van der Waals surface area contributed by atoms with Gasteiger partial charge in [-0.1, -0.05) is 12.1 Å². The molecule has 0 atom stereocenters. The Morgan fingerprint density at radius 1 is 1.39 bits per heavy atom. The van der Waals surface area contributed by atoms with E-state index in [1.165, 1.54) is 6.07 Å². The molecule has 2 nitrogen and oxygen atoms in total. The quantitative estimate of drug-likeness (QED) is 0.796. The minimum absolute atomic E-state index is 0.0371. The molecule has 0 saturated heterocycles. The molecule has 0 aromatic heterocycles. The highest BCUT2D eigenvalue weighted by Gasteiger charge is 2.64. The number of halogens is 4. The molecule has 0 radical (unpaired) electrons. The predicted molar refractivity (Wildman–Crippen MR) is 69.4 cm³/mol. The van der Waals surface area contributed by atoms with Crippen LogP contribution in [-0.2, 0) is 0 Å². The molecule has 1 aliphatic rings. The molecule has 0 unspecified atom stereocenters. The van der Waals surface area contributed by atoms with Crippen molar-refractivity contribution in [2.75, 3.05) is 0 Å². The zero-order chi connectivity index (χ0) is 13.6. The molecule has 1 amide bonds. The molecule has 0 heterocycles. The number of benzene rings is 1. The third kappa shape index (κ3) is 2.34. The first-order valence-corrected chi connectivity index (χ1v) is 6.49. The van der Waals surface area contributed by atoms with Crippen LogP contribution in [0.4, 0.5) is 13.2 Å². The highest BCUT2D eigenvalue weighted by Crippen LogP contribution is 2.49. The van der Waals surface area contributed by atoms with Gasteiger partial charge in [-0.05, 0) is 54.0 Å². The Bertz CT molecular complexity index is 495. The standard InChI is InChI=1S/C12H11F3INO/c1-7-3-2-4-8(9(7)16)10(18)17-11(5-6-11)12(13,14)15/h2-4H,5-6H2,1H3,(H,17,18). The highest BCUT2D eigenvalue weighted by atomic mass is 127. The second-order valence-electron chi connectivity index (χ2n) is 4.47. The average molecular weight is 369 g/mol. The summed E-state index contributed by atoms with van der Waals surface area (Å²) in [5, 5.41) is 2.12. The van der Waals surface area contributed by atoms with Gasteiger partial charge in [0.2, 0.25) is 0 Å². The Kier molecular flexibility index (Phi) is 3.33. The topological polar surface area (TPSA) is 29.1 Å². The molecule has 1 saturated carbocycles. The first kappa shape index (κ1) is 13.6. The number of carbonyl (C=O) groups is 1. The van der Waals surface area contributed by atoms with Crippen LogP contribution in [0.1, 0.15) is 28.8 Å². The molecular formula is C12H11F3INO. The van der Waals surface area contributed by atoms with Gasteiger partial charge in [-0.3, -0.25) is 4.79 Å². The van der Waals surface area contributed by atoms with Gasteiger partial charge in [0.1, 0.15) is 5.54 Å².